The van der Waals surface area contributed by atoms with Gasteiger partial charge in [0.1, 0.15) is 0 Å². The zero-order valence-electron chi connectivity index (χ0n) is 40.3. The van der Waals surface area contributed by atoms with Gasteiger partial charge in [0.05, 0.1) is 0 Å². The first-order valence-electron chi connectivity index (χ1n) is 24.7. The van der Waals surface area contributed by atoms with Gasteiger partial charge in [0.25, 0.3) is 0 Å². The second kappa shape index (κ2) is 13.2. The van der Waals surface area contributed by atoms with Gasteiger partial charge in [-0.25, -0.2) is 0 Å². The Hall–Kier alpha value is -7.28. The minimum atomic E-state index is -0.288. The quantitative estimate of drug-likeness (QED) is 0.120. The third-order valence-corrected chi connectivity index (χ3v) is 17.5. The summed E-state index contributed by atoms with van der Waals surface area (Å²) in [5.41, 5.74) is 21.1. The van der Waals surface area contributed by atoms with Gasteiger partial charge in [0.2, 0.25) is 0 Å². The molecule has 68 heavy (non-hydrogen) atoms. The second-order valence-corrected chi connectivity index (χ2v) is 22.4. The topological polar surface area (TPSA) is 0 Å². The summed E-state index contributed by atoms with van der Waals surface area (Å²) >= 11 is 0. The molecule has 11 aromatic rings. The van der Waals surface area contributed by atoms with Crippen molar-refractivity contribution in [2.24, 2.45) is 0 Å². The predicted octanol–water partition coefficient (Wildman–Crippen LogP) is 18.4. The molecule has 0 N–H and O–H groups in total. The van der Waals surface area contributed by atoms with Crippen molar-refractivity contribution < 1.29 is 0 Å². The van der Waals surface area contributed by atoms with Gasteiger partial charge in [-0.2, -0.15) is 0 Å². The van der Waals surface area contributed by atoms with Crippen LogP contribution >= 0.6 is 0 Å². The molecule has 0 saturated carbocycles. The van der Waals surface area contributed by atoms with Crippen molar-refractivity contribution in [1.82, 2.24) is 0 Å². The van der Waals surface area contributed by atoms with Gasteiger partial charge in [-0.05, 0) is 179 Å². The molecule has 3 aliphatic carbocycles. The molecule has 14 rings (SSSR count). The van der Waals surface area contributed by atoms with Crippen molar-refractivity contribution in [3.63, 3.8) is 0 Å². The maximum Gasteiger partial charge on any atom is 0.0159 e. The minimum Gasteiger partial charge on any atom is -0.0619 e. The molecule has 0 heteroatoms. The van der Waals surface area contributed by atoms with Crippen LogP contribution in [0.15, 0.2) is 182 Å². The Labute approximate surface area is 399 Å². The lowest BCUT2D eigenvalue weighted by Gasteiger charge is -2.44. The normalized spacial score (nSPS) is 16.4. The molecule has 0 spiro atoms. The number of hydrogen-bond acceptors (Lipinski definition) is 0. The zero-order valence-corrected chi connectivity index (χ0v) is 40.3. The summed E-state index contributed by atoms with van der Waals surface area (Å²) in [6.07, 6.45) is 0. The molecule has 0 aromatic heterocycles. The number of hydrogen-bond donors (Lipinski definition) is 0. The van der Waals surface area contributed by atoms with Crippen LogP contribution in [-0.4, -0.2) is 0 Å². The Balaban J connectivity index is 1.10. The highest BCUT2D eigenvalue weighted by molar-refractivity contribution is 6.26. The van der Waals surface area contributed by atoms with E-state index < -0.39 is 0 Å². The average Bonchev–Trinajstić information content (AvgIpc) is 3.73. The van der Waals surface area contributed by atoms with Crippen LogP contribution in [0, 0.1) is 0 Å². The van der Waals surface area contributed by atoms with E-state index >= 15 is 0 Å². The molecule has 0 atom stereocenters. The average molecular weight is 871 g/mol. The van der Waals surface area contributed by atoms with Crippen LogP contribution in [0.2, 0.25) is 0 Å². The molecule has 0 fully saturated rings. The monoisotopic (exact) mass is 870 g/mol. The van der Waals surface area contributed by atoms with Crippen LogP contribution < -0.4 is 0 Å². The van der Waals surface area contributed by atoms with Crippen LogP contribution in [-0.2, 0) is 21.7 Å². The van der Waals surface area contributed by atoms with E-state index in [0.29, 0.717) is 0 Å². The summed E-state index contributed by atoms with van der Waals surface area (Å²) in [6.45, 7) is 19.6. The summed E-state index contributed by atoms with van der Waals surface area (Å²) < 4.78 is 0. The molecular weight excluding hydrogens is 817 g/mol. The van der Waals surface area contributed by atoms with E-state index in [1.54, 1.807) is 0 Å². The fourth-order valence-electron chi connectivity index (χ4n) is 13.9. The third-order valence-electron chi connectivity index (χ3n) is 17.5. The van der Waals surface area contributed by atoms with Crippen LogP contribution in [0.1, 0.15) is 99.9 Å². The molecule has 0 aliphatic heterocycles. The Kier molecular flexibility index (Phi) is 7.76. The van der Waals surface area contributed by atoms with Gasteiger partial charge < -0.3 is 0 Å². The standard InChI is InChI=1S/C68H54/c1-65(2)55-27-17-15-23-45(55)47-31-29-39(33-57(47)65)63-49-25-13-14-26-50(49)64(40-30-32-48-46-24-16-18-28-56(46)66(3,4)58(48)34-40)54-38-62-61(37-53(54)63)67(5,6)59-35-51-43-21-11-9-19-41(43)42-20-10-12-22-44(42)52(51)36-60(59)68(62,7)8/h9-38H,1-8H3. The van der Waals surface area contributed by atoms with Crippen molar-refractivity contribution in [1.29, 1.82) is 0 Å². The molecule has 326 valence electrons. The van der Waals surface area contributed by atoms with E-state index in [1.165, 1.54) is 143 Å². The predicted molar refractivity (Wildman–Crippen MR) is 291 cm³/mol. The van der Waals surface area contributed by atoms with Gasteiger partial charge in [-0.3, -0.25) is 0 Å². The van der Waals surface area contributed by atoms with Crippen molar-refractivity contribution in [2.75, 3.05) is 0 Å². The lowest BCUT2D eigenvalue weighted by Crippen LogP contribution is -2.36. The lowest BCUT2D eigenvalue weighted by atomic mass is 9.59. The van der Waals surface area contributed by atoms with Crippen LogP contribution in [0.5, 0.6) is 0 Å². The van der Waals surface area contributed by atoms with Gasteiger partial charge in [0, 0.05) is 21.7 Å². The highest BCUT2D eigenvalue weighted by Gasteiger charge is 2.43. The number of rotatable bonds is 2. The van der Waals surface area contributed by atoms with Gasteiger partial charge in [-0.15, -0.1) is 0 Å². The minimum absolute atomic E-state index is 0.116. The molecule has 0 radical (unpaired) electrons. The van der Waals surface area contributed by atoms with E-state index in [9.17, 15) is 0 Å². The third kappa shape index (κ3) is 5.00. The summed E-state index contributed by atoms with van der Waals surface area (Å²) in [5.74, 6) is 0. The molecule has 0 nitrogen and oxygen atoms in total. The van der Waals surface area contributed by atoms with Crippen LogP contribution in [0.4, 0.5) is 0 Å². The molecule has 0 saturated heterocycles. The van der Waals surface area contributed by atoms with E-state index in [4.69, 9.17) is 0 Å². The Morgan fingerprint density at radius 1 is 0.206 bits per heavy atom. The fraction of sp³-hybridized carbons (Fsp3) is 0.176. The maximum atomic E-state index is 2.64. The number of benzene rings is 11. The van der Waals surface area contributed by atoms with Gasteiger partial charge in [-0.1, -0.05) is 201 Å². The Bertz CT molecular complexity index is 3810. The van der Waals surface area contributed by atoms with E-state index in [0.717, 1.165) is 0 Å². The fourth-order valence-corrected chi connectivity index (χ4v) is 13.9. The zero-order chi connectivity index (χ0) is 46.2. The van der Waals surface area contributed by atoms with Crippen molar-refractivity contribution in [3.05, 3.63) is 226 Å². The molecule has 0 bridgehead atoms. The molecular formula is C68H54. The van der Waals surface area contributed by atoms with E-state index in [1.807, 2.05) is 0 Å². The molecule has 11 aromatic carbocycles. The first-order chi connectivity index (χ1) is 32.8. The van der Waals surface area contributed by atoms with Crippen LogP contribution in [0.3, 0.4) is 0 Å². The molecule has 0 unspecified atom stereocenters. The van der Waals surface area contributed by atoms with Crippen molar-refractivity contribution >= 4 is 53.9 Å². The summed E-state index contributed by atoms with van der Waals surface area (Å²) in [7, 11) is 0. The number of fused-ring (bicyclic) bond motifs is 16. The Morgan fingerprint density at radius 3 is 0.868 bits per heavy atom. The maximum absolute atomic E-state index is 2.64. The van der Waals surface area contributed by atoms with E-state index in [-0.39, 0.29) is 21.7 Å². The largest absolute Gasteiger partial charge is 0.0619 e. The molecule has 0 heterocycles. The summed E-state index contributed by atoms with van der Waals surface area (Å²) in [5, 5.41) is 13.2. The molecule has 3 aliphatic rings. The van der Waals surface area contributed by atoms with Crippen LogP contribution in [0.25, 0.3) is 98.4 Å². The lowest BCUT2D eigenvalue weighted by molar-refractivity contribution is 0.523. The summed E-state index contributed by atoms with van der Waals surface area (Å²) in [6, 6.07) is 70.5. The van der Waals surface area contributed by atoms with Gasteiger partial charge >= 0.3 is 0 Å². The highest BCUT2D eigenvalue weighted by atomic mass is 14.5. The van der Waals surface area contributed by atoms with Crippen molar-refractivity contribution in [2.45, 2.75) is 77.0 Å². The SMILES string of the molecule is CC1(C)c2ccccc2-c2ccc(-c3c4ccccc4c(-c4ccc5c(c4)C(C)(C)c4ccccc4-5)c4cc5c(cc34)C(C)(C)c3cc4c6ccccc6c6ccccc6c4cc3C5(C)C)cc21. The van der Waals surface area contributed by atoms with Gasteiger partial charge in [0.15, 0.2) is 0 Å². The first kappa shape index (κ1) is 39.8. The van der Waals surface area contributed by atoms with Crippen molar-refractivity contribution in [3.8, 4) is 44.5 Å². The first-order valence-corrected chi connectivity index (χ1v) is 24.7. The van der Waals surface area contributed by atoms with E-state index in [2.05, 4.69) is 237 Å². The Morgan fingerprint density at radius 2 is 0.485 bits per heavy atom. The second-order valence-electron chi connectivity index (χ2n) is 22.4. The highest BCUT2D eigenvalue weighted by Crippen LogP contribution is 2.57. The molecule has 0 amide bonds. The summed E-state index contributed by atoms with van der Waals surface area (Å²) in [4.78, 5) is 0. The smallest absolute Gasteiger partial charge is 0.0159 e.